The Kier molecular flexibility index (Phi) is 3.51. The molecule has 0 saturated heterocycles. The number of fused-ring (bicyclic) bond motifs is 1. The third kappa shape index (κ3) is 2.09. The zero-order valence-corrected chi connectivity index (χ0v) is 10.8. The van der Waals surface area contributed by atoms with Crippen LogP contribution in [-0.2, 0) is 4.79 Å². The van der Waals surface area contributed by atoms with E-state index in [4.69, 9.17) is 0 Å². The second-order valence-electron chi connectivity index (χ2n) is 6.01. The molecule has 0 aromatic heterocycles. The van der Waals surface area contributed by atoms with Crippen LogP contribution in [0.3, 0.4) is 0 Å². The van der Waals surface area contributed by atoms with E-state index < -0.39 is 0 Å². The minimum Gasteiger partial charge on any atom is -0.303 e. The number of rotatable bonds is 2. The summed E-state index contributed by atoms with van der Waals surface area (Å²) < 4.78 is 0. The Morgan fingerprint density at radius 2 is 2.12 bits per heavy atom. The maximum atomic E-state index is 11.0. The van der Waals surface area contributed by atoms with Crippen LogP contribution in [0, 0.1) is 29.6 Å². The highest BCUT2D eigenvalue weighted by Gasteiger charge is 2.39. The molecule has 2 aliphatic carbocycles. The van der Waals surface area contributed by atoms with E-state index >= 15 is 0 Å². The van der Waals surface area contributed by atoms with Crippen molar-refractivity contribution in [3.8, 4) is 0 Å². The van der Waals surface area contributed by atoms with Gasteiger partial charge in [-0.25, -0.2) is 0 Å². The number of allylic oxidation sites excluding steroid dienone is 2. The largest absolute Gasteiger partial charge is 0.303 e. The average molecular weight is 220 g/mol. The SMILES string of the molecule is CC1=CC2C([C@@H](C)C=O)CC[C@@H](C)[C@@H]2CC1. The van der Waals surface area contributed by atoms with Crippen LogP contribution in [0.2, 0.25) is 0 Å². The molecule has 5 atom stereocenters. The highest BCUT2D eigenvalue weighted by molar-refractivity contribution is 5.53. The molecule has 90 valence electrons. The molecule has 2 rings (SSSR count). The van der Waals surface area contributed by atoms with E-state index in [2.05, 4.69) is 26.8 Å². The second-order valence-corrected chi connectivity index (χ2v) is 6.01. The van der Waals surface area contributed by atoms with Crippen molar-refractivity contribution >= 4 is 6.29 Å². The fraction of sp³-hybridized carbons (Fsp3) is 0.800. The van der Waals surface area contributed by atoms with E-state index in [1.807, 2.05) is 0 Å². The molecule has 0 heterocycles. The summed E-state index contributed by atoms with van der Waals surface area (Å²) in [7, 11) is 0. The van der Waals surface area contributed by atoms with Gasteiger partial charge in [0.2, 0.25) is 0 Å². The molecule has 0 aromatic carbocycles. The fourth-order valence-electron chi connectivity index (χ4n) is 3.80. The van der Waals surface area contributed by atoms with Crippen molar-refractivity contribution in [2.24, 2.45) is 29.6 Å². The van der Waals surface area contributed by atoms with E-state index in [9.17, 15) is 4.79 Å². The maximum absolute atomic E-state index is 11.0. The summed E-state index contributed by atoms with van der Waals surface area (Å²) in [6.45, 7) is 6.74. The first-order valence-corrected chi connectivity index (χ1v) is 6.76. The summed E-state index contributed by atoms with van der Waals surface area (Å²) in [5.41, 5.74) is 1.54. The molecule has 0 N–H and O–H groups in total. The Bertz CT molecular complexity index is 292. The van der Waals surface area contributed by atoms with Crippen molar-refractivity contribution in [2.75, 3.05) is 0 Å². The van der Waals surface area contributed by atoms with Gasteiger partial charge in [-0.05, 0) is 49.9 Å². The Labute approximate surface area is 99.3 Å². The van der Waals surface area contributed by atoms with Crippen LogP contribution < -0.4 is 0 Å². The molecule has 0 aromatic rings. The highest BCUT2D eigenvalue weighted by Crippen LogP contribution is 2.47. The van der Waals surface area contributed by atoms with Crippen LogP contribution in [0.4, 0.5) is 0 Å². The number of carbonyl (C=O) groups is 1. The minimum absolute atomic E-state index is 0.238. The third-order valence-electron chi connectivity index (χ3n) is 4.91. The molecule has 0 bridgehead atoms. The van der Waals surface area contributed by atoms with Gasteiger partial charge in [0.1, 0.15) is 6.29 Å². The van der Waals surface area contributed by atoms with Crippen molar-refractivity contribution < 1.29 is 4.79 Å². The number of hydrogen-bond donors (Lipinski definition) is 0. The molecule has 0 aliphatic heterocycles. The normalized spacial score (nSPS) is 40.8. The topological polar surface area (TPSA) is 17.1 Å². The molecule has 1 heteroatoms. The van der Waals surface area contributed by atoms with Crippen molar-refractivity contribution in [3.63, 3.8) is 0 Å². The number of carbonyl (C=O) groups excluding carboxylic acids is 1. The van der Waals surface area contributed by atoms with Gasteiger partial charge >= 0.3 is 0 Å². The Hall–Kier alpha value is -0.590. The lowest BCUT2D eigenvalue weighted by Gasteiger charge is -2.44. The quantitative estimate of drug-likeness (QED) is 0.510. The average Bonchev–Trinajstić information content (AvgIpc) is 2.28. The zero-order valence-electron chi connectivity index (χ0n) is 10.8. The lowest BCUT2D eigenvalue weighted by atomic mass is 9.60. The maximum Gasteiger partial charge on any atom is 0.123 e. The molecule has 2 unspecified atom stereocenters. The number of hydrogen-bond acceptors (Lipinski definition) is 1. The molecule has 0 amide bonds. The van der Waals surface area contributed by atoms with Gasteiger partial charge in [-0.2, -0.15) is 0 Å². The molecule has 0 spiro atoms. The monoisotopic (exact) mass is 220 g/mol. The van der Waals surface area contributed by atoms with E-state index in [-0.39, 0.29) is 5.92 Å². The van der Waals surface area contributed by atoms with Gasteiger partial charge in [-0.3, -0.25) is 0 Å². The molecule has 2 aliphatic rings. The standard InChI is InChI=1S/C15H24O/c1-10-4-6-13-11(2)5-7-14(12(3)9-16)15(13)8-10/h8-9,11-15H,4-7H2,1-3H3/t11-,12+,13+,14?,15?/m1/s1. The van der Waals surface area contributed by atoms with Crippen LogP contribution in [0.15, 0.2) is 11.6 Å². The van der Waals surface area contributed by atoms with Gasteiger partial charge in [0.05, 0.1) is 0 Å². The van der Waals surface area contributed by atoms with Gasteiger partial charge in [0.25, 0.3) is 0 Å². The van der Waals surface area contributed by atoms with E-state index in [0.717, 1.165) is 18.1 Å². The van der Waals surface area contributed by atoms with Crippen LogP contribution in [0.1, 0.15) is 46.5 Å². The van der Waals surface area contributed by atoms with Crippen molar-refractivity contribution in [1.29, 1.82) is 0 Å². The summed E-state index contributed by atoms with van der Waals surface area (Å²) >= 11 is 0. The van der Waals surface area contributed by atoms with E-state index in [0.29, 0.717) is 11.8 Å². The molecular weight excluding hydrogens is 196 g/mol. The first-order valence-electron chi connectivity index (χ1n) is 6.76. The molecule has 0 radical (unpaired) electrons. The lowest BCUT2D eigenvalue weighted by Crippen LogP contribution is -2.37. The fourth-order valence-corrected chi connectivity index (χ4v) is 3.80. The molecular formula is C15H24O. The molecule has 1 fully saturated rings. The van der Waals surface area contributed by atoms with Crippen LogP contribution >= 0.6 is 0 Å². The van der Waals surface area contributed by atoms with Crippen molar-refractivity contribution in [3.05, 3.63) is 11.6 Å². The first-order chi connectivity index (χ1) is 7.63. The molecule has 1 saturated carbocycles. The Morgan fingerprint density at radius 1 is 1.38 bits per heavy atom. The van der Waals surface area contributed by atoms with Crippen molar-refractivity contribution in [2.45, 2.75) is 46.5 Å². The third-order valence-corrected chi connectivity index (χ3v) is 4.91. The van der Waals surface area contributed by atoms with Crippen LogP contribution in [0.25, 0.3) is 0 Å². The Balaban J connectivity index is 2.21. The predicted octanol–water partition coefficient (Wildman–Crippen LogP) is 3.84. The number of aldehydes is 1. The smallest absolute Gasteiger partial charge is 0.123 e. The zero-order chi connectivity index (χ0) is 11.7. The summed E-state index contributed by atoms with van der Waals surface area (Å²) in [4.78, 5) is 11.0. The second kappa shape index (κ2) is 4.73. The summed E-state index contributed by atoms with van der Waals surface area (Å²) in [6.07, 6.45) is 8.82. The van der Waals surface area contributed by atoms with Crippen LogP contribution in [0.5, 0.6) is 0 Å². The van der Waals surface area contributed by atoms with Gasteiger partial charge in [-0.1, -0.05) is 31.9 Å². The highest BCUT2D eigenvalue weighted by atomic mass is 16.1. The summed E-state index contributed by atoms with van der Waals surface area (Å²) in [6, 6.07) is 0. The lowest BCUT2D eigenvalue weighted by molar-refractivity contribution is -0.113. The van der Waals surface area contributed by atoms with E-state index in [1.165, 1.54) is 25.7 Å². The Morgan fingerprint density at radius 3 is 2.81 bits per heavy atom. The summed E-state index contributed by atoms with van der Waals surface area (Å²) in [5, 5.41) is 0. The van der Waals surface area contributed by atoms with E-state index in [1.54, 1.807) is 5.57 Å². The first kappa shape index (κ1) is 11.9. The van der Waals surface area contributed by atoms with Gasteiger partial charge < -0.3 is 4.79 Å². The minimum atomic E-state index is 0.238. The van der Waals surface area contributed by atoms with Gasteiger partial charge in [0, 0.05) is 5.92 Å². The van der Waals surface area contributed by atoms with Crippen LogP contribution in [-0.4, -0.2) is 6.29 Å². The molecule has 16 heavy (non-hydrogen) atoms. The summed E-state index contributed by atoms with van der Waals surface area (Å²) in [5.74, 6) is 3.21. The predicted molar refractivity (Wildman–Crippen MR) is 67.1 cm³/mol. The molecule has 1 nitrogen and oxygen atoms in total. The van der Waals surface area contributed by atoms with Gasteiger partial charge in [-0.15, -0.1) is 0 Å². The van der Waals surface area contributed by atoms with Crippen molar-refractivity contribution in [1.82, 2.24) is 0 Å². The van der Waals surface area contributed by atoms with Gasteiger partial charge in [0.15, 0.2) is 0 Å².